The zero-order valence-corrected chi connectivity index (χ0v) is 21.1. The van der Waals surface area contributed by atoms with Crippen LogP contribution in [-0.2, 0) is 22.3 Å². The topological polar surface area (TPSA) is 79.7 Å². The van der Waals surface area contributed by atoms with E-state index in [1.54, 1.807) is 37.3 Å². The van der Waals surface area contributed by atoms with Gasteiger partial charge < -0.3 is 14.7 Å². The van der Waals surface area contributed by atoms with Crippen LogP contribution in [0.2, 0.25) is 0 Å². The number of halogens is 3. The molecule has 1 amide bonds. The third-order valence-electron chi connectivity index (χ3n) is 6.17. The van der Waals surface area contributed by atoms with Gasteiger partial charge in [-0.25, -0.2) is 0 Å². The zero-order chi connectivity index (χ0) is 27.6. The van der Waals surface area contributed by atoms with Crippen LogP contribution in [0.5, 0.6) is 5.75 Å². The molecule has 0 saturated carbocycles. The summed E-state index contributed by atoms with van der Waals surface area (Å²) in [6, 6.07) is 11.7. The number of carbonyl (C=O) groups excluding carboxylic acids is 2. The van der Waals surface area contributed by atoms with Gasteiger partial charge in [0, 0.05) is 24.5 Å². The van der Waals surface area contributed by atoms with Crippen LogP contribution in [0.4, 0.5) is 13.2 Å². The number of hydrogen-bond acceptors (Lipinski definition) is 5. The van der Waals surface area contributed by atoms with E-state index in [1.165, 1.54) is 24.5 Å². The highest BCUT2D eigenvalue weighted by Gasteiger charge is 2.46. The van der Waals surface area contributed by atoms with Gasteiger partial charge in [-0.2, -0.15) is 13.2 Å². The first-order valence-corrected chi connectivity index (χ1v) is 12.1. The Morgan fingerprint density at radius 1 is 1.11 bits per heavy atom. The smallest absolute Gasteiger partial charge is 0.416 e. The van der Waals surface area contributed by atoms with E-state index in [9.17, 15) is 27.9 Å². The van der Waals surface area contributed by atoms with Crippen LogP contribution in [0.25, 0.3) is 5.76 Å². The first-order chi connectivity index (χ1) is 18.0. The molecule has 1 saturated heterocycles. The summed E-state index contributed by atoms with van der Waals surface area (Å²) in [6.07, 6.45) is -1.59. The first kappa shape index (κ1) is 26.9. The van der Waals surface area contributed by atoms with Crippen molar-refractivity contribution in [2.24, 2.45) is 5.92 Å². The minimum absolute atomic E-state index is 0.162. The van der Waals surface area contributed by atoms with E-state index in [2.05, 4.69) is 4.98 Å². The highest BCUT2D eigenvalue weighted by atomic mass is 19.4. The van der Waals surface area contributed by atoms with E-state index in [4.69, 9.17) is 4.74 Å². The maximum Gasteiger partial charge on any atom is 0.416 e. The number of Topliss-reactive ketones (excluding diaryl/α,β-unsaturated/α-hetero) is 1. The lowest BCUT2D eigenvalue weighted by molar-refractivity contribution is -0.140. The molecule has 0 radical (unpaired) electrons. The molecule has 1 aromatic heterocycles. The van der Waals surface area contributed by atoms with Gasteiger partial charge in [0.15, 0.2) is 0 Å². The second-order valence-electron chi connectivity index (χ2n) is 9.60. The Morgan fingerprint density at radius 3 is 2.50 bits per heavy atom. The largest absolute Gasteiger partial charge is 0.507 e. The Hall–Kier alpha value is -4.14. The highest BCUT2D eigenvalue weighted by Crippen LogP contribution is 2.41. The molecule has 198 valence electrons. The molecule has 9 heteroatoms. The second-order valence-corrected chi connectivity index (χ2v) is 9.60. The van der Waals surface area contributed by atoms with Crippen molar-refractivity contribution in [1.82, 2.24) is 9.88 Å². The quantitative estimate of drug-likeness (QED) is 0.231. The van der Waals surface area contributed by atoms with Crippen molar-refractivity contribution in [3.8, 4) is 5.75 Å². The predicted molar refractivity (Wildman–Crippen MR) is 135 cm³/mol. The van der Waals surface area contributed by atoms with Gasteiger partial charge in [-0.15, -0.1) is 0 Å². The first-order valence-electron chi connectivity index (χ1n) is 12.1. The number of hydrogen-bond donors (Lipinski definition) is 1. The fourth-order valence-corrected chi connectivity index (χ4v) is 4.34. The average Bonchev–Trinajstić information content (AvgIpc) is 3.12. The predicted octanol–water partition coefficient (Wildman–Crippen LogP) is 6.07. The van der Waals surface area contributed by atoms with Crippen LogP contribution in [0, 0.1) is 12.8 Å². The van der Waals surface area contributed by atoms with Gasteiger partial charge in [-0.1, -0.05) is 32.0 Å². The molecule has 0 aliphatic carbocycles. The lowest BCUT2D eigenvalue weighted by atomic mass is 9.95. The Bertz CT molecular complexity index is 1380. The molecule has 1 N–H and O–H groups in total. The van der Waals surface area contributed by atoms with Crippen molar-refractivity contribution in [1.29, 1.82) is 0 Å². The minimum atomic E-state index is -4.56. The molecule has 1 aliphatic heterocycles. The molecule has 2 aromatic carbocycles. The second kappa shape index (κ2) is 10.7. The molecular weight excluding hydrogens is 497 g/mol. The number of ketones is 1. The van der Waals surface area contributed by atoms with Crippen molar-refractivity contribution in [2.45, 2.75) is 39.5 Å². The number of pyridine rings is 1. The minimum Gasteiger partial charge on any atom is -0.507 e. The summed E-state index contributed by atoms with van der Waals surface area (Å²) in [4.78, 5) is 31.6. The molecular formula is C29H27F3N2O4. The van der Waals surface area contributed by atoms with Crippen molar-refractivity contribution in [3.63, 3.8) is 0 Å². The van der Waals surface area contributed by atoms with Crippen LogP contribution in [-0.4, -0.2) is 33.3 Å². The van der Waals surface area contributed by atoms with Crippen LogP contribution in [0.15, 0.2) is 72.6 Å². The number of amides is 1. The van der Waals surface area contributed by atoms with Crippen molar-refractivity contribution < 1.29 is 32.6 Å². The normalized spacial score (nSPS) is 17.3. The molecule has 1 atom stereocenters. The molecule has 38 heavy (non-hydrogen) atoms. The number of ether oxygens (including phenoxy) is 1. The average molecular weight is 525 g/mol. The third-order valence-corrected chi connectivity index (χ3v) is 6.17. The van der Waals surface area contributed by atoms with Gasteiger partial charge in [0.2, 0.25) is 0 Å². The number of aliphatic hydroxyl groups excluding tert-OH is 1. The number of aliphatic hydroxyl groups is 1. The number of nitrogens with zero attached hydrogens (tertiary/aromatic N) is 2. The van der Waals surface area contributed by atoms with Crippen LogP contribution in [0.1, 0.15) is 47.7 Å². The van der Waals surface area contributed by atoms with Crippen LogP contribution in [0.3, 0.4) is 0 Å². The number of aryl methyl sites for hydroxylation is 1. The Kier molecular flexibility index (Phi) is 7.57. The van der Waals surface area contributed by atoms with E-state index in [0.717, 1.165) is 22.6 Å². The van der Waals surface area contributed by atoms with Gasteiger partial charge in [0.05, 0.1) is 23.8 Å². The van der Waals surface area contributed by atoms with Gasteiger partial charge in [-0.05, 0) is 65.9 Å². The summed E-state index contributed by atoms with van der Waals surface area (Å²) in [5, 5.41) is 11.3. The lowest BCUT2D eigenvalue weighted by Gasteiger charge is -2.25. The van der Waals surface area contributed by atoms with Gasteiger partial charge in [0.1, 0.15) is 11.5 Å². The van der Waals surface area contributed by atoms with Crippen LogP contribution >= 0.6 is 0 Å². The van der Waals surface area contributed by atoms with E-state index in [0.29, 0.717) is 29.4 Å². The Balaban J connectivity index is 1.77. The molecule has 0 bridgehead atoms. The van der Waals surface area contributed by atoms with E-state index >= 15 is 0 Å². The lowest BCUT2D eigenvalue weighted by Crippen LogP contribution is -2.29. The van der Waals surface area contributed by atoms with Gasteiger partial charge >= 0.3 is 6.18 Å². The van der Waals surface area contributed by atoms with E-state index in [1.807, 2.05) is 13.8 Å². The SMILES string of the molecule is Cc1cc(/C(O)=C2\C(=O)C(=O)N(Cc3cccc(C(F)(F)F)c3)C2c2cccnc2)ccc1OCC(C)C. The third kappa shape index (κ3) is 5.56. The summed E-state index contributed by atoms with van der Waals surface area (Å²) >= 11 is 0. The fraction of sp³-hybridized carbons (Fsp3) is 0.276. The number of likely N-dealkylation sites (tertiary alicyclic amines) is 1. The number of aromatic nitrogens is 1. The summed E-state index contributed by atoms with van der Waals surface area (Å²) in [5.74, 6) is -1.30. The standard InChI is InChI=1S/C29H27F3N2O4/c1-17(2)16-38-23-10-9-20(12-18(23)3)26(35)24-25(21-7-5-11-33-14-21)34(28(37)27(24)36)15-19-6-4-8-22(13-19)29(30,31)32/h4-14,17,25,35H,15-16H2,1-3H3/b26-24+. The zero-order valence-electron chi connectivity index (χ0n) is 21.1. The number of alkyl halides is 3. The molecule has 6 nitrogen and oxygen atoms in total. The van der Waals surface area contributed by atoms with Gasteiger partial charge in [0.25, 0.3) is 11.7 Å². The van der Waals surface area contributed by atoms with Crippen molar-refractivity contribution >= 4 is 17.4 Å². The highest BCUT2D eigenvalue weighted by molar-refractivity contribution is 6.46. The Labute approximate surface area is 218 Å². The molecule has 1 unspecified atom stereocenters. The maximum atomic E-state index is 13.3. The van der Waals surface area contributed by atoms with Crippen molar-refractivity contribution in [2.75, 3.05) is 6.61 Å². The van der Waals surface area contributed by atoms with E-state index in [-0.39, 0.29) is 23.4 Å². The Morgan fingerprint density at radius 2 is 1.87 bits per heavy atom. The summed E-state index contributed by atoms with van der Waals surface area (Å²) in [7, 11) is 0. The van der Waals surface area contributed by atoms with Crippen LogP contribution < -0.4 is 4.74 Å². The molecule has 0 spiro atoms. The number of benzene rings is 2. The molecule has 2 heterocycles. The molecule has 4 rings (SSSR count). The van der Waals surface area contributed by atoms with Gasteiger partial charge in [-0.3, -0.25) is 14.6 Å². The number of carbonyl (C=O) groups is 2. The fourth-order valence-electron chi connectivity index (χ4n) is 4.34. The van der Waals surface area contributed by atoms with E-state index < -0.39 is 29.5 Å². The maximum absolute atomic E-state index is 13.3. The molecule has 1 fully saturated rings. The molecule has 3 aromatic rings. The molecule has 1 aliphatic rings. The summed E-state index contributed by atoms with van der Waals surface area (Å²) in [5.41, 5.74) is 0.646. The number of rotatable bonds is 7. The van der Waals surface area contributed by atoms with Crippen molar-refractivity contribution in [3.05, 3.63) is 100 Å². The monoisotopic (exact) mass is 524 g/mol. The summed E-state index contributed by atoms with van der Waals surface area (Å²) < 4.78 is 45.6. The summed E-state index contributed by atoms with van der Waals surface area (Å²) in [6.45, 7) is 6.08.